The Hall–Kier alpha value is -1.79. The highest BCUT2D eigenvalue weighted by atomic mass is 35.5. The van der Waals surface area contributed by atoms with Crippen LogP contribution in [0.4, 0.5) is 5.69 Å². The number of rotatable bonds is 2. The van der Waals surface area contributed by atoms with Crippen LogP contribution in [0, 0.1) is 0 Å². The first kappa shape index (κ1) is 12.3. The molecule has 98 valence electrons. The van der Waals surface area contributed by atoms with Crippen LogP contribution in [0.5, 0.6) is 5.75 Å². The van der Waals surface area contributed by atoms with Gasteiger partial charge in [0.15, 0.2) is 5.75 Å². The molecule has 8 heteroatoms. The molecule has 3 rings (SSSR count). The van der Waals surface area contributed by atoms with Gasteiger partial charge >= 0.3 is 0 Å². The fourth-order valence-corrected chi connectivity index (χ4v) is 2.29. The molecule has 1 aliphatic rings. The standard InChI is InChI=1S/C11H9Cl2N5O/c1-19-8-4-14-17(5-8)18-6-9-10(13)2-7(12)3-11(9)15-16-18/h2-5H,6H2,1H3. The molecular formula is C11H9Cl2N5O. The van der Waals surface area contributed by atoms with Crippen LogP contribution < -0.4 is 9.85 Å². The minimum atomic E-state index is 0.458. The lowest BCUT2D eigenvalue weighted by atomic mass is 10.2. The zero-order chi connectivity index (χ0) is 13.4. The van der Waals surface area contributed by atoms with Crippen molar-refractivity contribution in [1.29, 1.82) is 0 Å². The predicted octanol–water partition coefficient (Wildman–Crippen LogP) is 3.35. The van der Waals surface area contributed by atoms with Gasteiger partial charge < -0.3 is 4.74 Å². The van der Waals surface area contributed by atoms with Crippen LogP contribution >= 0.6 is 23.2 Å². The molecule has 0 spiro atoms. The first-order valence-electron chi connectivity index (χ1n) is 5.43. The van der Waals surface area contributed by atoms with E-state index in [9.17, 15) is 0 Å². The SMILES string of the molecule is COc1cnn(N2Cc3c(Cl)cc(Cl)cc3N=N2)c1. The van der Waals surface area contributed by atoms with E-state index in [-0.39, 0.29) is 0 Å². The van der Waals surface area contributed by atoms with Crippen molar-refractivity contribution in [1.82, 2.24) is 9.89 Å². The van der Waals surface area contributed by atoms with Crippen molar-refractivity contribution in [3.05, 3.63) is 40.1 Å². The second-order valence-corrected chi connectivity index (χ2v) is 4.75. The maximum absolute atomic E-state index is 6.17. The third-order valence-corrected chi connectivity index (χ3v) is 3.27. The molecule has 0 fully saturated rings. The quantitative estimate of drug-likeness (QED) is 0.854. The molecule has 1 aromatic carbocycles. The van der Waals surface area contributed by atoms with Gasteiger partial charge in [-0.05, 0) is 17.4 Å². The van der Waals surface area contributed by atoms with E-state index in [4.69, 9.17) is 27.9 Å². The van der Waals surface area contributed by atoms with Crippen LogP contribution in [-0.4, -0.2) is 17.0 Å². The van der Waals surface area contributed by atoms with Gasteiger partial charge in [-0.3, -0.25) is 0 Å². The van der Waals surface area contributed by atoms with Gasteiger partial charge in [-0.2, -0.15) is 15.0 Å². The molecule has 0 bridgehead atoms. The number of nitrogens with zero attached hydrogens (tertiary/aromatic N) is 5. The number of benzene rings is 1. The van der Waals surface area contributed by atoms with E-state index in [2.05, 4.69) is 15.4 Å². The molecule has 2 aromatic rings. The highest BCUT2D eigenvalue weighted by Gasteiger charge is 2.19. The number of fused-ring (bicyclic) bond motifs is 1. The van der Waals surface area contributed by atoms with E-state index >= 15 is 0 Å². The molecule has 0 N–H and O–H groups in total. The summed E-state index contributed by atoms with van der Waals surface area (Å²) >= 11 is 12.1. The maximum atomic E-state index is 6.17. The van der Waals surface area contributed by atoms with Crippen molar-refractivity contribution in [2.45, 2.75) is 6.54 Å². The zero-order valence-corrected chi connectivity index (χ0v) is 11.4. The Morgan fingerprint density at radius 1 is 1.32 bits per heavy atom. The summed E-state index contributed by atoms with van der Waals surface area (Å²) in [5, 5.41) is 14.9. The van der Waals surface area contributed by atoms with Gasteiger partial charge in [0.1, 0.15) is 0 Å². The lowest BCUT2D eigenvalue weighted by Crippen LogP contribution is -2.30. The first-order valence-corrected chi connectivity index (χ1v) is 6.19. The summed E-state index contributed by atoms with van der Waals surface area (Å²) in [6.07, 6.45) is 3.29. The molecule has 6 nitrogen and oxygen atoms in total. The predicted molar refractivity (Wildman–Crippen MR) is 71.7 cm³/mol. The summed E-state index contributed by atoms with van der Waals surface area (Å²) < 4.78 is 5.07. The zero-order valence-electron chi connectivity index (χ0n) is 9.92. The van der Waals surface area contributed by atoms with Gasteiger partial charge in [-0.25, -0.2) is 0 Å². The Morgan fingerprint density at radius 2 is 2.16 bits per heavy atom. The molecule has 0 atom stereocenters. The third kappa shape index (κ3) is 2.24. The molecule has 1 aliphatic heterocycles. The van der Waals surface area contributed by atoms with Gasteiger partial charge in [-0.1, -0.05) is 23.2 Å². The molecule has 2 heterocycles. The topological polar surface area (TPSA) is 55.0 Å². The summed E-state index contributed by atoms with van der Waals surface area (Å²) in [7, 11) is 1.58. The normalized spacial score (nSPS) is 13.5. The largest absolute Gasteiger partial charge is 0.493 e. The lowest BCUT2D eigenvalue weighted by Gasteiger charge is -2.22. The van der Waals surface area contributed by atoms with Crippen molar-refractivity contribution in [3.63, 3.8) is 0 Å². The van der Waals surface area contributed by atoms with E-state index in [1.165, 1.54) is 4.79 Å². The summed E-state index contributed by atoms with van der Waals surface area (Å²) in [5.41, 5.74) is 1.53. The van der Waals surface area contributed by atoms with Crippen LogP contribution in [-0.2, 0) is 6.54 Å². The van der Waals surface area contributed by atoms with Gasteiger partial charge in [0.05, 0.1) is 31.7 Å². The van der Waals surface area contributed by atoms with Crippen LogP contribution in [0.25, 0.3) is 0 Å². The number of ether oxygens (including phenoxy) is 1. The second kappa shape index (κ2) is 4.71. The average Bonchev–Trinajstić information content (AvgIpc) is 2.87. The smallest absolute Gasteiger partial charge is 0.159 e. The van der Waals surface area contributed by atoms with Crippen molar-refractivity contribution in [2.75, 3.05) is 12.2 Å². The highest BCUT2D eigenvalue weighted by Crippen LogP contribution is 2.34. The second-order valence-electron chi connectivity index (χ2n) is 3.91. The van der Waals surface area contributed by atoms with Gasteiger partial charge in [-0.15, -0.1) is 5.11 Å². The van der Waals surface area contributed by atoms with E-state index in [0.29, 0.717) is 28.0 Å². The number of hydrogen-bond donors (Lipinski definition) is 0. The van der Waals surface area contributed by atoms with E-state index < -0.39 is 0 Å². The summed E-state index contributed by atoms with van der Waals surface area (Å²) in [6, 6.07) is 3.41. The maximum Gasteiger partial charge on any atom is 0.159 e. The van der Waals surface area contributed by atoms with Crippen molar-refractivity contribution >= 4 is 28.9 Å². The lowest BCUT2D eigenvalue weighted by molar-refractivity contribution is 0.412. The van der Waals surface area contributed by atoms with Gasteiger partial charge in [0.25, 0.3) is 0 Å². The fraction of sp³-hybridized carbons (Fsp3) is 0.182. The first-order chi connectivity index (χ1) is 9.17. The van der Waals surface area contributed by atoms with E-state index in [1.54, 1.807) is 36.8 Å². The van der Waals surface area contributed by atoms with Crippen molar-refractivity contribution in [2.24, 2.45) is 10.3 Å². The van der Waals surface area contributed by atoms with Gasteiger partial charge in [0.2, 0.25) is 0 Å². The Kier molecular flexibility index (Phi) is 3.04. The summed E-state index contributed by atoms with van der Waals surface area (Å²) in [5.74, 6) is 0.642. The van der Waals surface area contributed by atoms with Crippen LogP contribution in [0.2, 0.25) is 10.0 Å². The van der Waals surface area contributed by atoms with Crippen LogP contribution in [0.15, 0.2) is 34.9 Å². The molecule has 0 aliphatic carbocycles. The molecule has 0 unspecified atom stereocenters. The number of methoxy groups -OCH3 is 1. The van der Waals surface area contributed by atoms with Crippen molar-refractivity contribution < 1.29 is 4.74 Å². The minimum absolute atomic E-state index is 0.458. The van der Waals surface area contributed by atoms with Crippen LogP contribution in [0.3, 0.4) is 0 Å². The molecule has 0 saturated carbocycles. The summed E-state index contributed by atoms with van der Waals surface area (Å²) in [6.45, 7) is 0.458. The van der Waals surface area contributed by atoms with E-state index in [1.807, 2.05) is 0 Å². The number of halogens is 2. The monoisotopic (exact) mass is 297 g/mol. The number of aromatic nitrogens is 2. The average molecular weight is 298 g/mol. The molecule has 0 amide bonds. The molecule has 19 heavy (non-hydrogen) atoms. The third-order valence-electron chi connectivity index (χ3n) is 2.71. The molecular weight excluding hydrogens is 289 g/mol. The Balaban J connectivity index is 1.94. The Morgan fingerprint density at radius 3 is 2.89 bits per heavy atom. The Bertz CT molecular complexity index is 655. The Labute approximate surface area is 119 Å². The van der Waals surface area contributed by atoms with Crippen LogP contribution in [0.1, 0.15) is 5.56 Å². The highest BCUT2D eigenvalue weighted by molar-refractivity contribution is 6.35. The molecule has 0 saturated heterocycles. The molecule has 1 aromatic heterocycles. The van der Waals surface area contributed by atoms with Crippen molar-refractivity contribution in [3.8, 4) is 5.75 Å². The summed E-state index contributed by atoms with van der Waals surface area (Å²) in [4.78, 5) is 1.54. The minimum Gasteiger partial charge on any atom is -0.493 e. The van der Waals surface area contributed by atoms with Gasteiger partial charge in [0, 0.05) is 15.6 Å². The fourth-order valence-electron chi connectivity index (χ4n) is 1.75. The van der Waals surface area contributed by atoms with E-state index in [0.717, 1.165) is 5.56 Å². The molecule has 0 radical (unpaired) electrons. The number of hydrogen-bond acceptors (Lipinski definition) is 5.